The summed E-state index contributed by atoms with van der Waals surface area (Å²) in [5, 5.41) is 16.8. The first-order valence-electron chi connectivity index (χ1n) is 6.00. The van der Waals surface area contributed by atoms with Crippen LogP contribution in [-0.4, -0.2) is 42.3 Å². The van der Waals surface area contributed by atoms with Crippen molar-refractivity contribution in [3.8, 4) is 0 Å². The Labute approximate surface area is 109 Å². The van der Waals surface area contributed by atoms with Gasteiger partial charge in [0.15, 0.2) is 0 Å². The van der Waals surface area contributed by atoms with Crippen LogP contribution in [0.25, 0.3) is 0 Å². The van der Waals surface area contributed by atoms with Crippen molar-refractivity contribution in [2.24, 2.45) is 0 Å². The molecule has 2 aromatic heterocycles. The normalized spacial score (nSPS) is 15.2. The zero-order valence-corrected chi connectivity index (χ0v) is 10.2. The van der Waals surface area contributed by atoms with E-state index in [2.05, 4.69) is 20.1 Å². The zero-order chi connectivity index (χ0) is 13.2. The molecule has 0 fully saturated rings. The molecule has 1 N–H and O–H groups in total. The Morgan fingerprint density at radius 3 is 3.11 bits per heavy atom. The number of carboxylic acids is 1. The molecule has 0 amide bonds. The number of pyridine rings is 1. The number of nitrogens with zero attached hydrogens (tertiary/aromatic N) is 5. The molecule has 0 atom stereocenters. The van der Waals surface area contributed by atoms with Crippen molar-refractivity contribution < 1.29 is 9.90 Å². The lowest BCUT2D eigenvalue weighted by atomic mass is 10.2. The van der Waals surface area contributed by atoms with E-state index in [4.69, 9.17) is 5.11 Å². The van der Waals surface area contributed by atoms with Gasteiger partial charge in [-0.2, -0.15) is 0 Å². The van der Waals surface area contributed by atoms with Crippen molar-refractivity contribution in [2.45, 2.75) is 19.6 Å². The fraction of sp³-hybridized carbons (Fsp3) is 0.333. The lowest BCUT2D eigenvalue weighted by Gasteiger charge is -2.26. The van der Waals surface area contributed by atoms with Gasteiger partial charge in [0.1, 0.15) is 17.8 Å². The molecule has 7 nitrogen and oxygen atoms in total. The fourth-order valence-corrected chi connectivity index (χ4v) is 2.17. The van der Waals surface area contributed by atoms with E-state index in [9.17, 15) is 4.79 Å². The molecule has 7 heteroatoms. The van der Waals surface area contributed by atoms with Gasteiger partial charge in [-0.1, -0.05) is 6.07 Å². The van der Waals surface area contributed by atoms with E-state index in [1.807, 2.05) is 10.6 Å². The Morgan fingerprint density at radius 1 is 1.37 bits per heavy atom. The Hall–Kier alpha value is -2.28. The maximum atomic E-state index is 10.9. The number of fused-ring (bicyclic) bond motifs is 1. The highest BCUT2D eigenvalue weighted by atomic mass is 16.4. The lowest BCUT2D eigenvalue weighted by molar-refractivity contribution is 0.0689. The number of rotatable bonds is 3. The number of carboxylic acid groups (broad SMARTS) is 1. The standard InChI is InChI=1S/C12H13N5O2/c18-12(19)10-3-1-2-9(14-10)6-16-4-5-17-8-13-15-11(17)7-16/h1-3,8H,4-7H2,(H,18,19). The van der Waals surface area contributed by atoms with Gasteiger partial charge >= 0.3 is 5.97 Å². The molecule has 3 rings (SSSR count). The van der Waals surface area contributed by atoms with Crippen molar-refractivity contribution in [1.82, 2.24) is 24.6 Å². The summed E-state index contributed by atoms with van der Waals surface area (Å²) in [5.74, 6) is -0.0686. The zero-order valence-electron chi connectivity index (χ0n) is 10.2. The largest absolute Gasteiger partial charge is 0.477 e. The van der Waals surface area contributed by atoms with Crippen molar-refractivity contribution in [3.05, 3.63) is 41.7 Å². The van der Waals surface area contributed by atoms with Crippen molar-refractivity contribution in [2.75, 3.05) is 6.54 Å². The molecule has 19 heavy (non-hydrogen) atoms. The van der Waals surface area contributed by atoms with Crippen molar-refractivity contribution in [3.63, 3.8) is 0 Å². The molecule has 1 aliphatic heterocycles. The van der Waals surface area contributed by atoms with Crippen LogP contribution in [0.4, 0.5) is 0 Å². The maximum Gasteiger partial charge on any atom is 0.354 e. The number of aromatic nitrogens is 4. The molecule has 0 saturated carbocycles. The summed E-state index contributed by atoms with van der Waals surface area (Å²) in [6.45, 7) is 3.05. The van der Waals surface area contributed by atoms with Crippen LogP contribution in [0, 0.1) is 0 Å². The van der Waals surface area contributed by atoms with Gasteiger partial charge in [0.05, 0.1) is 12.2 Å². The summed E-state index contributed by atoms with van der Waals surface area (Å²) in [6.07, 6.45) is 1.73. The molecule has 2 aromatic rings. The van der Waals surface area contributed by atoms with E-state index in [0.29, 0.717) is 13.1 Å². The van der Waals surface area contributed by atoms with Crippen molar-refractivity contribution in [1.29, 1.82) is 0 Å². The van der Waals surface area contributed by atoms with Gasteiger partial charge in [-0.3, -0.25) is 4.90 Å². The fourth-order valence-electron chi connectivity index (χ4n) is 2.17. The SMILES string of the molecule is O=C(O)c1cccc(CN2CCn3cnnc3C2)n1. The first-order chi connectivity index (χ1) is 9.22. The van der Waals surface area contributed by atoms with E-state index >= 15 is 0 Å². The summed E-state index contributed by atoms with van der Waals surface area (Å²) < 4.78 is 2.03. The van der Waals surface area contributed by atoms with Crippen LogP contribution in [0.2, 0.25) is 0 Å². The molecule has 98 valence electrons. The second-order valence-corrected chi connectivity index (χ2v) is 4.47. The minimum atomic E-state index is -1.000. The average Bonchev–Trinajstić information content (AvgIpc) is 2.86. The molecule has 0 spiro atoms. The highest BCUT2D eigenvalue weighted by Crippen LogP contribution is 2.12. The second kappa shape index (κ2) is 4.77. The topological polar surface area (TPSA) is 84.1 Å². The highest BCUT2D eigenvalue weighted by Gasteiger charge is 2.18. The van der Waals surface area contributed by atoms with Crippen LogP contribution in [0.15, 0.2) is 24.5 Å². The predicted molar refractivity (Wildman–Crippen MR) is 65.3 cm³/mol. The smallest absolute Gasteiger partial charge is 0.354 e. The monoisotopic (exact) mass is 259 g/mol. The van der Waals surface area contributed by atoms with Crippen LogP contribution in [0.5, 0.6) is 0 Å². The van der Waals surface area contributed by atoms with Crippen LogP contribution >= 0.6 is 0 Å². The van der Waals surface area contributed by atoms with E-state index in [0.717, 1.165) is 24.6 Å². The van der Waals surface area contributed by atoms with Gasteiger partial charge in [0.25, 0.3) is 0 Å². The number of aromatic carboxylic acids is 1. The summed E-state index contributed by atoms with van der Waals surface area (Å²) in [4.78, 5) is 17.2. The average molecular weight is 259 g/mol. The first kappa shape index (κ1) is 11.8. The Balaban J connectivity index is 1.72. The second-order valence-electron chi connectivity index (χ2n) is 4.47. The van der Waals surface area contributed by atoms with Crippen LogP contribution in [0.1, 0.15) is 22.0 Å². The summed E-state index contributed by atoms with van der Waals surface area (Å²) in [5.41, 5.74) is 0.838. The summed E-state index contributed by atoms with van der Waals surface area (Å²) in [6, 6.07) is 5.06. The van der Waals surface area contributed by atoms with Gasteiger partial charge in [-0.15, -0.1) is 10.2 Å². The van der Waals surface area contributed by atoms with Crippen LogP contribution in [-0.2, 0) is 19.6 Å². The molecule has 0 bridgehead atoms. The van der Waals surface area contributed by atoms with Crippen molar-refractivity contribution >= 4 is 5.97 Å². The quantitative estimate of drug-likeness (QED) is 0.858. The molecule has 0 aliphatic carbocycles. The van der Waals surface area contributed by atoms with E-state index in [-0.39, 0.29) is 5.69 Å². The van der Waals surface area contributed by atoms with E-state index in [1.54, 1.807) is 12.4 Å². The van der Waals surface area contributed by atoms with Gasteiger partial charge in [-0.25, -0.2) is 9.78 Å². The van der Waals surface area contributed by atoms with Gasteiger partial charge < -0.3 is 9.67 Å². The highest BCUT2D eigenvalue weighted by molar-refractivity contribution is 5.85. The number of hydrogen-bond donors (Lipinski definition) is 1. The predicted octanol–water partition coefficient (Wildman–Crippen LogP) is 0.387. The molecule has 0 saturated heterocycles. The van der Waals surface area contributed by atoms with Gasteiger partial charge in [0, 0.05) is 19.6 Å². The Kier molecular flexibility index (Phi) is 2.96. The summed E-state index contributed by atoms with van der Waals surface area (Å²) in [7, 11) is 0. The molecule has 1 aliphatic rings. The Bertz CT molecular complexity index is 610. The molecule has 0 unspecified atom stereocenters. The maximum absolute atomic E-state index is 10.9. The third-order valence-electron chi connectivity index (χ3n) is 3.13. The van der Waals surface area contributed by atoms with Gasteiger partial charge in [0.2, 0.25) is 0 Å². The lowest BCUT2D eigenvalue weighted by Crippen LogP contribution is -2.33. The minimum Gasteiger partial charge on any atom is -0.477 e. The minimum absolute atomic E-state index is 0.0812. The third-order valence-corrected chi connectivity index (χ3v) is 3.13. The first-order valence-corrected chi connectivity index (χ1v) is 6.00. The molecular weight excluding hydrogens is 246 g/mol. The van der Waals surface area contributed by atoms with Crippen LogP contribution < -0.4 is 0 Å². The number of hydrogen-bond acceptors (Lipinski definition) is 5. The molecule has 0 aromatic carbocycles. The van der Waals surface area contributed by atoms with E-state index in [1.165, 1.54) is 6.07 Å². The molecule has 0 radical (unpaired) electrons. The molecule has 3 heterocycles. The number of carbonyl (C=O) groups is 1. The summed E-state index contributed by atoms with van der Waals surface area (Å²) >= 11 is 0. The van der Waals surface area contributed by atoms with Gasteiger partial charge in [-0.05, 0) is 12.1 Å². The Morgan fingerprint density at radius 2 is 2.26 bits per heavy atom. The molecular formula is C12H13N5O2. The van der Waals surface area contributed by atoms with E-state index < -0.39 is 5.97 Å². The van der Waals surface area contributed by atoms with Crippen LogP contribution in [0.3, 0.4) is 0 Å². The third kappa shape index (κ3) is 2.45.